The third-order valence-electron chi connectivity index (χ3n) is 4.48. The van der Waals surface area contributed by atoms with E-state index in [1.54, 1.807) is 0 Å². The van der Waals surface area contributed by atoms with Crippen molar-refractivity contribution in [3.05, 3.63) is 115 Å². The second-order valence-electron chi connectivity index (χ2n) is 6.83. The third-order valence-corrected chi connectivity index (χ3v) is 8.23. The number of carbonyl (C=O) groups excluding carboxylic acids is 1. The number of hydrogen-bond acceptors (Lipinski definition) is 3. The number of carboxylic acids is 1. The Hall–Kier alpha value is -3.08. The van der Waals surface area contributed by atoms with Crippen molar-refractivity contribution < 1.29 is 23.1 Å². The first-order valence-electron chi connectivity index (χ1n) is 9.94. The molecule has 0 amide bonds. The maximum Gasteiger partial charge on any atom is 0.430 e. The first-order chi connectivity index (χ1) is 15.8. The van der Waals surface area contributed by atoms with Gasteiger partial charge in [-0.3, -0.25) is 0 Å². The zero-order chi connectivity index (χ0) is 23.7. The first kappa shape index (κ1) is 24.6. The number of hydrogen-bond donors (Lipinski definition) is 0. The number of benzene rings is 4. The number of aliphatic carboxylic acids is 1. The van der Waals surface area contributed by atoms with Crippen molar-refractivity contribution >= 4 is 41.6 Å². The number of carbonyl (C=O) groups is 1. The Balaban J connectivity index is 0.000000383. The van der Waals surface area contributed by atoms with Crippen LogP contribution in [0.3, 0.4) is 0 Å². The summed E-state index contributed by atoms with van der Waals surface area (Å²) in [5.41, 5.74) is 0. The van der Waals surface area contributed by atoms with Crippen LogP contribution in [0.15, 0.2) is 125 Å². The smallest absolute Gasteiger partial charge is 0.430 e. The van der Waals surface area contributed by atoms with E-state index in [1.807, 2.05) is 11.8 Å². The van der Waals surface area contributed by atoms with Crippen LogP contribution < -0.4 is 21.0 Å². The van der Waals surface area contributed by atoms with Gasteiger partial charge in [-0.1, -0.05) is 66.4 Å². The first-order valence-corrected chi connectivity index (χ1v) is 12.3. The van der Waals surface area contributed by atoms with Crippen LogP contribution >= 0.6 is 19.7 Å². The minimum Gasteiger partial charge on any atom is -0.542 e. The van der Waals surface area contributed by atoms with E-state index in [-0.39, 0.29) is 0 Å². The molecule has 33 heavy (non-hydrogen) atoms. The van der Waals surface area contributed by atoms with Gasteiger partial charge in [-0.05, 0) is 60.7 Å². The summed E-state index contributed by atoms with van der Waals surface area (Å²) in [5, 5.41) is 13.1. The largest absolute Gasteiger partial charge is 0.542 e. The average Bonchev–Trinajstić information content (AvgIpc) is 2.82. The summed E-state index contributed by atoms with van der Waals surface area (Å²) < 4.78 is 31.5. The molecule has 0 atom stereocenters. The van der Waals surface area contributed by atoms with E-state index in [2.05, 4.69) is 115 Å². The van der Waals surface area contributed by atoms with Gasteiger partial charge in [0.25, 0.3) is 0 Å². The van der Waals surface area contributed by atoms with Gasteiger partial charge in [-0.25, -0.2) is 0 Å². The quantitative estimate of drug-likeness (QED) is 0.388. The molecule has 4 rings (SSSR count). The van der Waals surface area contributed by atoms with Gasteiger partial charge in [0, 0.05) is 9.79 Å². The molecule has 0 aliphatic heterocycles. The van der Waals surface area contributed by atoms with Crippen molar-refractivity contribution in [2.24, 2.45) is 0 Å². The van der Waals surface area contributed by atoms with Crippen LogP contribution in [0.25, 0.3) is 0 Å². The summed E-state index contributed by atoms with van der Waals surface area (Å²) >= 11 is 1.81. The molecular formula is C26H20F3O2PS. The van der Waals surface area contributed by atoms with E-state index in [1.165, 1.54) is 25.7 Å². The van der Waals surface area contributed by atoms with E-state index >= 15 is 0 Å². The Morgan fingerprint density at radius 1 is 0.606 bits per heavy atom. The lowest BCUT2D eigenvalue weighted by Gasteiger charge is -2.11. The molecule has 0 fully saturated rings. The summed E-state index contributed by atoms with van der Waals surface area (Å²) in [6.07, 6.45) is -5.19. The molecule has 2 nitrogen and oxygen atoms in total. The summed E-state index contributed by atoms with van der Waals surface area (Å²) in [6.45, 7) is 0. The Kier molecular flexibility index (Phi) is 8.70. The highest BCUT2D eigenvalue weighted by atomic mass is 32.2. The molecule has 4 aromatic rings. The fraction of sp³-hybridized carbons (Fsp3) is 0.0385. The molecule has 0 aliphatic rings. The van der Waals surface area contributed by atoms with E-state index < -0.39 is 20.1 Å². The maximum absolute atomic E-state index is 10.5. The topological polar surface area (TPSA) is 40.1 Å². The minimum absolute atomic E-state index is 0.975. The van der Waals surface area contributed by atoms with E-state index in [9.17, 15) is 13.2 Å². The van der Waals surface area contributed by atoms with E-state index in [4.69, 9.17) is 9.90 Å². The lowest BCUT2D eigenvalue weighted by atomic mass is 10.3. The van der Waals surface area contributed by atoms with Crippen molar-refractivity contribution in [3.8, 4) is 0 Å². The normalized spacial score (nSPS) is 10.9. The van der Waals surface area contributed by atoms with Crippen LogP contribution in [-0.4, -0.2) is 12.1 Å². The zero-order valence-corrected chi connectivity index (χ0v) is 19.1. The second kappa shape index (κ2) is 11.7. The SMILES string of the molecule is O=C([O-])C(F)(F)F.c1ccc(Sc2ccc([PH+](c3ccccc3)c3ccccc3)cc2)cc1. The number of carboxylic acid groups (broad SMARTS) is 1. The molecule has 0 aromatic heterocycles. The van der Waals surface area contributed by atoms with Crippen LogP contribution in [-0.2, 0) is 4.79 Å². The van der Waals surface area contributed by atoms with Gasteiger partial charge in [-0.15, -0.1) is 0 Å². The van der Waals surface area contributed by atoms with Gasteiger partial charge in [0.15, 0.2) is 0 Å². The Morgan fingerprint density at radius 2 is 0.939 bits per heavy atom. The highest BCUT2D eigenvalue weighted by Crippen LogP contribution is 2.34. The Bertz CT molecular complexity index is 1100. The van der Waals surface area contributed by atoms with Gasteiger partial charge >= 0.3 is 6.18 Å². The average molecular weight is 484 g/mol. The predicted molar refractivity (Wildman–Crippen MR) is 128 cm³/mol. The van der Waals surface area contributed by atoms with Crippen molar-refractivity contribution in [2.75, 3.05) is 0 Å². The van der Waals surface area contributed by atoms with Crippen molar-refractivity contribution in [1.29, 1.82) is 0 Å². The molecule has 0 saturated heterocycles. The van der Waals surface area contributed by atoms with Crippen LogP contribution in [0.5, 0.6) is 0 Å². The van der Waals surface area contributed by atoms with Gasteiger partial charge in [0.1, 0.15) is 21.9 Å². The van der Waals surface area contributed by atoms with Crippen LogP contribution in [0, 0.1) is 0 Å². The van der Waals surface area contributed by atoms with Gasteiger partial charge in [0.05, 0.1) is 7.92 Å². The van der Waals surface area contributed by atoms with Crippen LogP contribution in [0.4, 0.5) is 13.2 Å². The van der Waals surface area contributed by atoms with Crippen LogP contribution in [0.2, 0.25) is 0 Å². The van der Waals surface area contributed by atoms with E-state index in [0.717, 1.165) is 0 Å². The predicted octanol–water partition coefficient (Wildman–Crippen LogP) is 4.63. The van der Waals surface area contributed by atoms with Crippen LogP contribution in [0.1, 0.15) is 0 Å². The molecule has 7 heteroatoms. The fourth-order valence-corrected chi connectivity index (χ4v) is 6.41. The highest BCUT2D eigenvalue weighted by Gasteiger charge is 2.29. The van der Waals surface area contributed by atoms with Gasteiger partial charge in [0.2, 0.25) is 0 Å². The number of alkyl halides is 3. The molecule has 0 spiro atoms. The molecule has 0 N–H and O–H groups in total. The number of rotatable bonds is 5. The zero-order valence-electron chi connectivity index (χ0n) is 17.3. The van der Waals surface area contributed by atoms with Crippen molar-refractivity contribution in [3.63, 3.8) is 0 Å². The van der Waals surface area contributed by atoms with Crippen molar-refractivity contribution in [2.45, 2.75) is 16.0 Å². The minimum atomic E-state index is -5.19. The Morgan fingerprint density at radius 3 is 1.33 bits per heavy atom. The molecular weight excluding hydrogens is 464 g/mol. The molecule has 0 unspecified atom stereocenters. The number of halogens is 3. The van der Waals surface area contributed by atoms with Crippen molar-refractivity contribution in [1.82, 2.24) is 0 Å². The Labute approximate surface area is 195 Å². The molecule has 0 bridgehead atoms. The second-order valence-corrected chi connectivity index (χ2v) is 10.5. The summed E-state index contributed by atoms with van der Waals surface area (Å²) in [6, 6.07) is 41.4. The monoisotopic (exact) mass is 484 g/mol. The fourth-order valence-electron chi connectivity index (χ4n) is 3.02. The molecule has 0 aliphatic carbocycles. The highest BCUT2D eigenvalue weighted by molar-refractivity contribution is 7.99. The standard InChI is InChI=1S/C24H19PS.C2HF3O2/c1-4-10-20(11-5-1)25(21-12-6-2-7-13-21)22-16-18-24(19-17-22)26-23-14-8-3-9-15-23;3-2(4,5)1(6)7/h1-19H;(H,6,7). The summed E-state index contributed by atoms with van der Waals surface area (Å²) in [7, 11) is -0.975. The lowest BCUT2D eigenvalue weighted by Crippen LogP contribution is -2.37. The van der Waals surface area contributed by atoms with E-state index in [0.29, 0.717) is 0 Å². The summed E-state index contributed by atoms with van der Waals surface area (Å²) in [4.78, 5) is 11.3. The molecule has 4 aromatic carbocycles. The molecule has 0 saturated carbocycles. The van der Waals surface area contributed by atoms with Gasteiger partial charge in [-0.2, -0.15) is 13.2 Å². The molecule has 168 valence electrons. The lowest BCUT2D eigenvalue weighted by molar-refractivity contribution is -0.344. The van der Waals surface area contributed by atoms with Gasteiger partial charge < -0.3 is 9.90 Å². The molecule has 0 radical (unpaired) electrons. The maximum atomic E-state index is 10.5. The summed E-state index contributed by atoms with van der Waals surface area (Å²) in [5.74, 6) is -3.01. The molecule has 0 heterocycles. The third kappa shape index (κ3) is 7.48.